The van der Waals surface area contributed by atoms with Crippen molar-refractivity contribution in [2.24, 2.45) is 30.2 Å². The maximum absolute atomic E-state index is 2.81. The zero-order chi connectivity index (χ0) is 24.2. The molecule has 4 bridgehead atoms. The number of fused-ring (bicyclic) bond motifs is 5. The molecule has 196 valence electrons. The number of hydrogen-bond donors (Lipinski definition) is 0. The molecule has 6 aliphatic carbocycles. The van der Waals surface area contributed by atoms with E-state index >= 15 is 0 Å². The first-order valence-corrected chi connectivity index (χ1v) is 18.2. The molecule has 38 heavy (non-hydrogen) atoms. The average molecular weight is 622 g/mol. The monoisotopic (exact) mass is 619 g/mol. The fraction of sp³-hybridized carbons (Fsp3) is 0.441. The van der Waals surface area contributed by atoms with E-state index in [1.165, 1.54) is 67.1 Å². The van der Waals surface area contributed by atoms with Gasteiger partial charge in [-0.3, -0.25) is 0 Å². The molecule has 1 nitrogen and oxygen atoms in total. The Bertz CT molecular complexity index is 1500. The summed E-state index contributed by atoms with van der Waals surface area (Å²) in [6.07, 6.45) is 15.8. The van der Waals surface area contributed by atoms with E-state index in [2.05, 4.69) is 86.1 Å². The number of nitrogens with zero attached hydrogens (tertiary/aromatic N) is 1. The van der Waals surface area contributed by atoms with Crippen LogP contribution in [0.4, 0.5) is 0 Å². The Hall–Kier alpha value is -1.21. The second kappa shape index (κ2) is 9.71. The van der Waals surface area contributed by atoms with Crippen molar-refractivity contribution in [3.8, 4) is 11.3 Å². The summed E-state index contributed by atoms with van der Waals surface area (Å²) in [7, 11) is 2.29. The molecule has 3 aromatic rings. The zero-order valence-corrected chi connectivity index (χ0v) is 26.7. The van der Waals surface area contributed by atoms with E-state index in [0.717, 1.165) is 17.8 Å². The summed E-state index contributed by atoms with van der Waals surface area (Å²) in [5.74, 6) is 3.06. The Kier molecular flexibility index (Phi) is 6.90. The van der Waals surface area contributed by atoms with E-state index in [1.807, 2.05) is 3.28 Å². The molecular formula is C34H37Cl2NZr. The molecule has 4 heteroatoms. The predicted octanol–water partition coefficient (Wildman–Crippen LogP) is 2.52. The van der Waals surface area contributed by atoms with Crippen molar-refractivity contribution in [2.45, 2.75) is 62.4 Å². The van der Waals surface area contributed by atoms with Crippen LogP contribution in [-0.4, -0.2) is 7.77 Å². The Morgan fingerprint density at radius 2 is 1.50 bits per heavy atom. The number of allylic oxidation sites excluding steroid dienone is 4. The number of aryl methyl sites for hydroxylation is 1. The van der Waals surface area contributed by atoms with Gasteiger partial charge < -0.3 is 24.8 Å². The molecule has 0 spiro atoms. The van der Waals surface area contributed by atoms with Crippen molar-refractivity contribution in [3.05, 3.63) is 80.7 Å². The Labute approximate surface area is 247 Å². The zero-order valence-electron chi connectivity index (χ0n) is 22.7. The minimum Gasteiger partial charge on any atom is -1.00 e. The van der Waals surface area contributed by atoms with Crippen molar-refractivity contribution in [1.29, 1.82) is 0 Å². The van der Waals surface area contributed by atoms with Crippen LogP contribution in [0.3, 0.4) is 0 Å². The van der Waals surface area contributed by atoms with E-state index < -0.39 is 21.3 Å². The van der Waals surface area contributed by atoms with Crippen molar-refractivity contribution in [1.82, 2.24) is 4.57 Å². The Morgan fingerprint density at radius 3 is 2.18 bits per heavy atom. The predicted molar refractivity (Wildman–Crippen MR) is 148 cm³/mol. The molecule has 0 amide bonds. The molecule has 0 radical (unpaired) electrons. The van der Waals surface area contributed by atoms with Gasteiger partial charge in [0, 0.05) is 0 Å². The molecule has 9 rings (SSSR count). The Balaban J connectivity index is 0.00000132. The van der Waals surface area contributed by atoms with Crippen molar-refractivity contribution in [3.63, 3.8) is 0 Å². The SMILES string of the molecule is C[C](C)=[Zr+2]([C]1=CC(C23CC4CC(CC(C4)C2)C3)=CC1)[CH]1c2ccccc2-c2c1c1ccccc1n2C.[Cl-].[Cl-]. The summed E-state index contributed by atoms with van der Waals surface area (Å²) in [4.78, 5) is 0. The first-order chi connectivity index (χ1) is 17.5. The molecule has 4 saturated carbocycles. The van der Waals surface area contributed by atoms with E-state index in [0.29, 0.717) is 9.04 Å². The van der Waals surface area contributed by atoms with Gasteiger partial charge in [-0.1, -0.05) is 0 Å². The standard InChI is InChI=1S/C16H12N.C15H19.C3H6.2ClH.Zr/c1-17-15-9-5-4-8-13(15)14-10-11-6-2-3-7-12(11)16(14)17;1-2-4-14(3-1)15-8-11-5-12(9-15)7-13(6-11)10-15;1-3-2;;;/h2-10H,1H3;3-4,11-13H,1,5-10H2;1-2H3;2*1H;/q;;;;;+2/p-2. The van der Waals surface area contributed by atoms with Crippen molar-refractivity contribution >= 4 is 14.1 Å². The van der Waals surface area contributed by atoms with E-state index in [-0.39, 0.29) is 24.8 Å². The van der Waals surface area contributed by atoms with Gasteiger partial charge in [-0.2, -0.15) is 0 Å². The quantitative estimate of drug-likeness (QED) is 0.424. The molecule has 0 saturated heterocycles. The summed E-state index contributed by atoms with van der Waals surface area (Å²) in [6.45, 7) is 4.95. The van der Waals surface area contributed by atoms with E-state index in [1.54, 1.807) is 19.9 Å². The second-order valence-corrected chi connectivity index (χ2v) is 20.5. The number of benzene rings is 2. The van der Waals surface area contributed by atoms with Crippen molar-refractivity contribution < 1.29 is 46.1 Å². The summed E-state index contributed by atoms with van der Waals surface area (Å²) in [6, 6.07) is 18.5. The number of para-hydroxylation sites is 1. The molecule has 2 aromatic carbocycles. The largest absolute Gasteiger partial charge is 1.00 e. The minimum atomic E-state index is -2.18. The molecule has 1 atom stereocenters. The number of rotatable bonds is 3. The third-order valence-electron chi connectivity index (χ3n) is 10.7. The molecule has 6 aliphatic rings. The number of halogens is 2. The van der Waals surface area contributed by atoms with Gasteiger partial charge >= 0.3 is 224 Å². The average Bonchev–Trinajstić information content (AvgIpc) is 3.54. The first kappa shape index (κ1) is 27.0. The van der Waals surface area contributed by atoms with Gasteiger partial charge in [0.1, 0.15) is 0 Å². The van der Waals surface area contributed by atoms with Crippen LogP contribution in [0.25, 0.3) is 22.2 Å². The van der Waals surface area contributed by atoms with Gasteiger partial charge in [0.05, 0.1) is 0 Å². The molecule has 1 heterocycles. The first-order valence-electron chi connectivity index (χ1n) is 14.3. The summed E-state index contributed by atoms with van der Waals surface area (Å²) in [5, 5.41) is 1.49. The van der Waals surface area contributed by atoms with Crippen LogP contribution in [0.5, 0.6) is 0 Å². The van der Waals surface area contributed by atoms with E-state index in [4.69, 9.17) is 0 Å². The molecule has 1 unspecified atom stereocenters. The Morgan fingerprint density at radius 1 is 0.868 bits per heavy atom. The number of hydrogen-bond acceptors (Lipinski definition) is 0. The molecule has 1 aromatic heterocycles. The molecule has 4 fully saturated rings. The van der Waals surface area contributed by atoms with Gasteiger partial charge in [0.15, 0.2) is 0 Å². The summed E-state index contributed by atoms with van der Waals surface area (Å²) in [5.41, 5.74) is 9.95. The van der Waals surface area contributed by atoms with Gasteiger partial charge in [0.25, 0.3) is 0 Å². The van der Waals surface area contributed by atoms with Crippen LogP contribution >= 0.6 is 0 Å². The van der Waals surface area contributed by atoms with Crippen LogP contribution in [0.1, 0.15) is 73.5 Å². The second-order valence-electron chi connectivity index (χ2n) is 13.0. The summed E-state index contributed by atoms with van der Waals surface area (Å²) < 4.78 is 6.70. The van der Waals surface area contributed by atoms with Crippen LogP contribution in [0.2, 0.25) is 0 Å². The molecular weight excluding hydrogens is 585 g/mol. The number of aromatic nitrogens is 1. The fourth-order valence-electron chi connectivity index (χ4n) is 9.80. The minimum absolute atomic E-state index is 0. The smallest absolute Gasteiger partial charge is 1.00 e. The van der Waals surface area contributed by atoms with Crippen LogP contribution in [-0.2, 0) is 28.3 Å². The van der Waals surface area contributed by atoms with Crippen LogP contribution in [0.15, 0.2) is 69.5 Å². The molecule has 0 aliphatic heterocycles. The third-order valence-corrected chi connectivity index (χ3v) is 18.8. The maximum Gasteiger partial charge on any atom is -1.00 e. The maximum atomic E-state index is 2.81. The summed E-state index contributed by atoms with van der Waals surface area (Å²) >= 11 is -2.18. The van der Waals surface area contributed by atoms with Gasteiger partial charge in [-0.05, 0) is 0 Å². The van der Waals surface area contributed by atoms with Crippen LogP contribution in [0, 0.1) is 23.2 Å². The van der Waals surface area contributed by atoms with E-state index in [9.17, 15) is 0 Å². The van der Waals surface area contributed by atoms with Crippen molar-refractivity contribution in [2.75, 3.05) is 0 Å². The third kappa shape index (κ3) is 3.76. The topological polar surface area (TPSA) is 4.93 Å². The van der Waals surface area contributed by atoms with Gasteiger partial charge in [-0.25, -0.2) is 0 Å². The van der Waals surface area contributed by atoms with Gasteiger partial charge in [0.2, 0.25) is 0 Å². The molecule has 0 N–H and O–H groups in total. The van der Waals surface area contributed by atoms with Gasteiger partial charge in [-0.15, -0.1) is 0 Å². The normalized spacial score (nSPS) is 29.5. The fourth-order valence-corrected chi connectivity index (χ4v) is 18.1. The van der Waals surface area contributed by atoms with Crippen LogP contribution < -0.4 is 24.8 Å².